The fourth-order valence-corrected chi connectivity index (χ4v) is 2.29. The van der Waals surface area contributed by atoms with E-state index in [1.54, 1.807) is 13.0 Å². The van der Waals surface area contributed by atoms with Gasteiger partial charge in [0.05, 0.1) is 17.2 Å². The minimum absolute atomic E-state index is 0.315. The van der Waals surface area contributed by atoms with Gasteiger partial charge in [-0.05, 0) is 50.3 Å². The van der Waals surface area contributed by atoms with E-state index < -0.39 is 6.10 Å². The lowest BCUT2D eigenvalue weighted by atomic mass is 10.1. The maximum Gasteiger partial charge on any atom is 0.138 e. The zero-order valence-electron chi connectivity index (χ0n) is 9.45. The first-order valence-corrected chi connectivity index (χ1v) is 6.19. The average Bonchev–Trinajstić information content (AvgIpc) is 2.73. The van der Waals surface area contributed by atoms with Gasteiger partial charge in [-0.15, -0.1) is 0 Å². The summed E-state index contributed by atoms with van der Waals surface area (Å²) in [5.41, 5.74) is 0.823. The third kappa shape index (κ3) is 2.69. The van der Waals surface area contributed by atoms with Crippen LogP contribution in [0.4, 0.5) is 0 Å². The number of hydrogen-bond acceptors (Lipinski definition) is 2. The molecule has 0 unspecified atom stereocenters. The zero-order valence-corrected chi connectivity index (χ0v) is 10.2. The molecule has 1 atom stereocenters. The highest BCUT2D eigenvalue weighted by atomic mass is 35.5. The van der Waals surface area contributed by atoms with Gasteiger partial charge < -0.3 is 9.84 Å². The summed E-state index contributed by atoms with van der Waals surface area (Å²) in [6, 6.07) is 5.49. The van der Waals surface area contributed by atoms with E-state index in [-0.39, 0.29) is 0 Å². The summed E-state index contributed by atoms with van der Waals surface area (Å²) in [5, 5.41) is 10.0. The van der Waals surface area contributed by atoms with Crippen molar-refractivity contribution in [1.29, 1.82) is 0 Å². The number of halogens is 1. The smallest absolute Gasteiger partial charge is 0.138 e. The lowest BCUT2D eigenvalue weighted by molar-refractivity contribution is 0.197. The van der Waals surface area contributed by atoms with E-state index in [1.807, 2.05) is 12.1 Å². The van der Waals surface area contributed by atoms with Crippen molar-refractivity contribution in [2.24, 2.45) is 0 Å². The molecule has 0 radical (unpaired) electrons. The van der Waals surface area contributed by atoms with E-state index in [9.17, 15) is 5.11 Å². The Morgan fingerprint density at radius 1 is 1.38 bits per heavy atom. The monoisotopic (exact) mass is 240 g/mol. The third-order valence-electron chi connectivity index (χ3n) is 3.03. The Hall–Kier alpha value is -0.730. The molecule has 2 nitrogen and oxygen atoms in total. The standard InChI is InChI=1S/C13H17ClO2/c1-9(15)10-6-7-13(12(14)8-10)16-11-4-2-3-5-11/h6-9,11,15H,2-5H2,1H3/t9-/m1/s1. The number of rotatable bonds is 3. The topological polar surface area (TPSA) is 29.5 Å². The minimum Gasteiger partial charge on any atom is -0.489 e. The Balaban J connectivity index is 2.09. The highest BCUT2D eigenvalue weighted by Crippen LogP contribution is 2.31. The molecule has 88 valence electrons. The van der Waals surface area contributed by atoms with Crippen LogP contribution in [-0.2, 0) is 0 Å². The van der Waals surface area contributed by atoms with Crippen LogP contribution in [0.15, 0.2) is 18.2 Å². The van der Waals surface area contributed by atoms with Crippen LogP contribution in [0.25, 0.3) is 0 Å². The molecule has 0 spiro atoms. The van der Waals surface area contributed by atoms with Crippen molar-refractivity contribution < 1.29 is 9.84 Å². The summed E-state index contributed by atoms with van der Waals surface area (Å²) >= 11 is 6.12. The number of benzene rings is 1. The quantitative estimate of drug-likeness (QED) is 0.873. The van der Waals surface area contributed by atoms with Gasteiger partial charge in [-0.1, -0.05) is 17.7 Å². The summed E-state index contributed by atoms with van der Waals surface area (Å²) < 4.78 is 5.83. The molecule has 0 saturated heterocycles. The van der Waals surface area contributed by atoms with Crippen molar-refractivity contribution in [1.82, 2.24) is 0 Å². The Labute approximate surface area is 101 Å². The van der Waals surface area contributed by atoms with E-state index in [0.717, 1.165) is 24.2 Å². The molecule has 0 heterocycles. The number of aliphatic hydroxyl groups excluding tert-OH is 1. The Bertz CT molecular complexity index is 357. The summed E-state index contributed by atoms with van der Waals surface area (Å²) in [5.74, 6) is 0.734. The van der Waals surface area contributed by atoms with Gasteiger partial charge in [0.1, 0.15) is 5.75 Å². The summed E-state index contributed by atoms with van der Waals surface area (Å²) in [4.78, 5) is 0. The van der Waals surface area contributed by atoms with Gasteiger partial charge in [0, 0.05) is 0 Å². The van der Waals surface area contributed by atoms with Crippen LogP contribution in [-0.4, -0.2) is 11.2 Å². The van der Waals surface area contributed by atoms with E-state index in [2.05, 4.69) is 0 Å². The lowest BCUT2D eigenvalue weighted by Crippen LogP contribution is -2.11. The number of ether oxygens (including phenoxy) is 1. The van der Waals surface area contributed by atoms with Crippen LogP contribution in [0.3, 0.4) is 0 Å². The minimum atomic E-state index is -0.488. The first kappa shape index (κ1) is 11.7. The SMILES string of the molecule is C[C@@H](O)c1ccc(OC2CCCC2)c(Cl)c1. The molecule has 0 bridgehead atoms. The van der Waals surface area contributed by atoms with Gasteiger partial charge in [-0.2, -0.15) is 0 Å². The molecular weight excluding hydrogens is 224 g/mol. The van der Waals surface area contributed by atoms with Gasteiger partial charge in [0.2, 0.25) is 0 Å². The molecule has 1 saturated carbocycles. The first-order chi connectivity index (χ1) is 7.66. The maximum absolute atomic E-state index is 9.42. The van der Waals surface area contributed by atoms with E-state index in [4.69, 9.17) is 16.3 Å². The van der Waals surface area contributed by atoms with Crippen LogP contribution in [0, 0.1) is 0 Å². The van der Waals surface area contributed by atoms with Crippen molar-refractivity contribution in [3.63, 3.8) is 0 Å². The molecule has 16 heavy (non-hydrogen) atoms. The van der Waals surface area contributed by atoms with E-state index in [1.165, 1.54) is 12.8 Å². The molecule has 3 heteroatoms. The highest BCUT2D eigenvalue weighted by molar-refractivity contribution is 6.32. The van der Waals surface area contributed by atoms with Gasteiger partial charge >= 0.3 is 0 Å². The second kappa shape index (κ2) is 5.07. The summed E-state index contributed by atoms with van der Waals surface area (Å²) in [7, 11) is 0. The molecule has 1 fully saturated rings. The van der Waals surface area contributed by atoms with Crippen molar-refractivity contribution in [3.05, 3.63) is 28.8 Å². The van der Waals surface area contributed by atoms with Gasteiger partial charge in [-0.3, -0.25) is 0 Å². The first-order valence-electron chi connectivity index (χ1n) is 5.81. The lowest BCUT2D eigenvalue weighted by Gasteiger charge is -2.15. The highest BCUT2D eigenvalue weighted by Gasteiger charge is 2.17. The third-order valence-corrected chi connectivity index (χ3v) is 3.33. The van der Waals surface area contributed by atoms with Crippen molar-refractivity contribution in [2.45, 2.75) is 44.8 Å². The van der Waals surface area contributed by atoms with E-state index >= 15 is 0 Å². The molecule has 0 amide bonds. The Morgan fingerprint density at radius 2 is 2.06 bits per heavy atom. The molecule has 0 aliphatic heterocycles. The predicted molar refractivity (Wildman–Crippen MR) is 65.0 cm³/mol. The Morgan fingerprint density at radius 3 is 2.62 bits per heavy atom. The van der Waals surface area contributed by atoms with Gasteiger partial charge in [0.25, 0.3) is 0 Å². The van der Waals surface area contributed by atoms with Crippen LogP contribution in [0.1, 0.15) is 44.3 Å². The van der Waals surface area contributed by atoms with Crippen LogP contribution in [0.2, 0.25) is 5.02 Å². The normalized spacial score (nSPS) is 18.7. The predicted octanol–water partition coefficient (Wildman–Crippen LogP) is 3.71. The molecule has 1 aliphatic rings. The van der Waals surface area contributed by atoms with Crippen molar-refractivity contribution in [3.8, 4) is 5.75 Å². The summed E-state index contributed by atoms with van der Waals surface area (Å²) in [6.45, 7) is 1.73. The molecular formula is C13H17ClO2. The molecule has 1 N–H and O–H groups in total. The number of aliphatic hydroxyl groups is 1. The second-order valence-corrected chi connectivity index (χ2v) is 4.80. The molecule has 2 rings (SSSR count). The van der Waals surface area contributed by atoms with Crippen LogP contribution >= 0.6 is 11.6 Å². The van der Waals surface area contributed by atoms with Gasteiger partial charge in [0.15, 0.2) is 0 Å². The van der Waals surface area contributed by atoms with Crippen molar-refractivity contribution in [2.75, 3.05) is 0 Å². The second-order valence-electron chi connectivity index (χ2n) is 4.39. The van der Waals surface area contributed by atoms with Crippen molar-refractivity contribution >= 4 is 11.6 Å². The van der Waals surface area contributed by atoms with Crippen LogP contribution in [0.5, 0.6) is 5.75 Å². The molecule has 0 aromatic heterocycles. The number of hydrogen-bond donors (Lipinski definition) is 1. The molecule has 1 aromatic carbocycles. The average molecular weight is 241 g/mol. The largest absolute Gasteiger partial charge is 0.489 e. The summed E-state index contributed by atoms with van der Waals surface area (Å²) in [6.07, 6.45) is 4.55. The Kier molecular flexibility index (Phi) is 3.72. The van der Waals surface area contributed by atoms with Gasteiger partial charge in [-0.25, -0.2) is 0 Å². The fraction of sp³-hybridized carbons (Fsp3) is 0.538. The molecule has 1 aliphatic carbocycles. The van der Waals surface area contributed by atoms with Crippen LogP contribution < -0.4 is 4.74 Å². The van der Waals surface area contributed by atoms with E-state index in [0.29, 0.717) is 11.1 Å². The molecule has 1 aromatic rings. The zero-order chi connectivity index (χ0) is 11.5. The fourth-order valence-electron chi connectivity index (χ4n) is 2.06. The maximum atomic E-state index is 9.42.